The average Bonchev–Trinajstić information content (AvgIpc) is 2.63. The van der Waals surface area contributed by atoms with E-state index >= 15 is 0 Å². The normalized spacial score (nSPS) is 10.3. The van der Waals surface area contributed by atoms with Gasteiger partial charge in [0.2, 0.25) is 0 Å². The number of ether oxygens (including phenoxy) is 3. The van der Waals surface area contributed by atoms with E-state index in [0.717, 1.165) is 11.3 Å². The molecule has 2 aromatic carbocycles. The Morgan fingerprint density at radius 2 is 1.75 bits per heavy atom. The maximum absolute atomic E-state index is 12.0. The highest BCUT2D eigenvalue weighted by Crippen LogP contribution is 2.12. The molecule has 24 heavy (non-hydrogen) atoms. The molecule has 0 radical (unpaired) electrons. The lowest BCUT2D eigenvalue weighted by molar-refractivity contribution is -0.138. The Balaban J connectivity index is 2.19. The predicted octanol–water partition coefficient (Wildman–Crippen LogP) is 3.57. The second-order valence-electron chi connectivity index (χ2n) is 4.66. The predicted molar refractivity (Wildman–Crippen MR) is 91.7 cm³/mol. The SMILES string of the molecule is CCOC(=O)/C(C#Cc1ccc(OC)cc1)=C/Oc1ccccc1. The summed E-state index contributed by atoms with van der Waals surface area (Å²) in [6.07, 6.45) is 1.31. The Morgan fingerprint density at radius 1 is 1.04 bits per heavy atom. The molecule has 0 aliphatic carbocycles. The third-order valence-corrected chi connectivity index (χ3v) is 2.98. The molecule has 0 saturated heterocycles. The minimum atomic E-state index is -0.519. The van der Waals surface area contributed by atoms with Gasteiger partial charge in [-0.3, -0.25) is 0 Å². The van der Waals surface area contributed by atoms with E-state index in [2.05, 4.69) is 11.8 Å². The molecule has 0 heterocycles. The van der Waals surface area contributed by atoms with Crippen molar-refractivity contribution in [2.45, 2.75) is 6.92 Å². The summed E-state index contributed by atoms with van der Waals surface area (Å²) in [4.78, 5) is 12.0. The van der Waals surface area contributed by atoms with Gasteiger partial charge >= 0.3 is 5.97 Å². The lowest BCUT2D eigenvalue weighted by Gasteiger charge is -2.03. The van der Waals surface area contributed by atoms with Gasteiger partial charge in [0, 0.05) is 5.56 Å². The lowest BCUT2D eigenvalue weighted by Crippen LogP contribution is -2.07. The second-order valence-corrected chi connectivity index (χ2v) is 4.66. The molecule has 0 bridgehead atoms. The van der Waals surface area contributed by atoms with Gasteiger partial charge in [-0.15, -0.1) is 0 Å². The van der Waals surface area contributed by atoms with Crippen LogP contribution in [0.4, 0.5) is 0 Å². The van der Waals surface area contributed by atoms with Crippen molar-refractivity contribution in [2.75, 3.05) is 13.7 Å². The molecule has 0 unspecified atom stereocenters. The topological polar surface area (TPSA) is 44.8 Å². The van der Waals surface area contributed by atoms with E-state index in [-0.39, 0.29) is 12.2 Å². The third-order valence-electron chi connectivity index (χ3n) is 2.98. The van der Waals surface area contributed by atoms with Gasteiger partial charge in [0.05, 0.1) is 13.7 Å². The van der Waals surface area contributed by atoms with Crippen molar-refractivity contribution in [3.05, 3.63) is 72.0 Å². The molecule has 4 nitrogen and oxygen atoms in total. The summed E-state index contributed by atoms with van der Waals surface area (Å²) in [6, 6.07) is 16.4. The minimum Gasteiger partial charge on any atom is -0.497 e. The Labute approximate surface area is 141 Å². The number of para-hydroxylation sites is 1. The summed E-state index contributed by atoms with van der Waals surface area (Å²) in [7, 11) is 1.60. The van der Waals surface area contributed by atoms with Gasteiger partial charge in [0.15, 0.2) is 0 Å². The van der Waals surface area contributed by atoms with Gasteiger partial charge in [-0.25, -0.2) is 4.79 Å². The van der Waals surface area contributed by atoms with Crippen LogP contribution in [0, 0.1) is 11.8 Å². The van der Waals surface area contributed by atoms with Crippen LogP contribution in [0.2, 0.25) is 0 Å². The first-order chi connectivity index (χ1) is 11.7. The van der Waals surface area contributed by atoms with Crippen molar-refractivity contribution < 1.29 is 19.0 Å². The highest BCUT2D eigenvalue weighted by atomic mass is 16.5. The van der Waals surface area contributed by atoms with Crippen LogP contribution in [-0.2, 0) is 9.53 Å². The number of rotatable bonds is 5. The highest BCUT2D eigenvalue weighted by Gasteiger charge is 2.08. The summed E-state index contributed by atoms with van der Waals surface area (Å²) < 4.78 is 15.6. The molecule has 4 heteroatoms. The monoisotopic (exact) mass is 322 g/mol. The van der Waals surface area contributed by atoms with Crippen molar-refractivity contribution in [3.8, 4) is 23.3 Å². The molecule has 2 aromatic rings. The Kier molecular flexibility index (Phi) is 6.48. The number of carbonyl (C=O) groups excluding carboxylic acids is 1. The van der Waals surface area contributed by atoms with Gasteiger partial charge in [-0.2, -0.15) is 0 Å². The van der Waals surface area contributed by atoms with Crippen molar-refractivity contribution in [1.82, 2.24) is 0 Å². The lowest BCUT2D eigenvalue weighted by atomic mass is 10.2. The molecule has 0 aliphatic rings. The van der Waals surface area contributed by atoms with Crippen molar-refractivity contribution in [2.24, 2.45) is 0 Å². The zero-order chi connectivity index (χ0) is 17.2. The molecule has 0 fully saturated rings. The number of carbonyl (C=O) groups is 1. The second kappa shape index (κ2) is 9.06. The minimum absolute atomic E-state index is 0.150. The van der Waals surface area contributed by atoms with Crippen LogP contribution in [-0.4, -0.2) is 19.7 Å². The quantitative estimate of drug-likeness (QED) is 0.365. The van der Waals surface area contributed by atoms with Crippen LogP contribution < -0.4 is 9.47 Å². The molecule has 0 spiro atoms. The fraction of sp³-hybridized carbons (Fsp3) is 0.150. The van der Waals surface area contributed by atoms with Gasteiger partial charge in [0.25, 0.3) is 0 Å². The van der Waals surface area contributed by atoms with Crippen molar-refractivity contribution in [1.29, 1.82) is 0 Å². The van der Waals surface area contributed by atoms with Crippen molar-refractivity contribution in [3.63, 3.8) is 0 Å². The number of methoxy groups -OCH3 is 1. The first-order valence-corrected chi connectivity index (χ1v) is 7.48. The van der Waals surface area contributed by atoms with Crippen LogP contribution >= 0.6 is 0 Å². The zero-order valence-electron chi connectivity index (χ0n) is 13.6. The van der Waals surface area contributed by atoms with Crippen molar-refractivity contribution >= 4 is 5.97 Å². The average molecular weight is 322 g/mol. The maximum Gasteiger partial charge on any atom is 0.349 e. The third kappa shape index (κ3) is 5.22. The van der Waals surface area contributed by atoms with Crippen LogP contribution in [0.5, 0.6) is 11.5 Å². The Morgan fingerprint density at radius 3 is 2.38 bits per heavy atom. The summed E-state index contributed by atoms with van der Waals surface area (Å²) in [5.41, 5.74) is 0.905. The summed E-state index contributed by atoms with van der Waals surface area (Å²) >= 11 is 0. The summed E-state index contributed by atoms with van der Waals surface area (Å²) in [5, 5.41) is 0. The number of hydrogen-bond donors (Lipinski definition) is 0. The largest absolute Gasteiger partial charge is 0.497 e. The van der Waals surface area contributed by atoms with E-state index in [1.165, 1.54) is 6.26 Å². The highest BCUT2D eigenvalue weighted by molar-refractivity contribution is 5.93. The summed E-state index contributed by atoms with van der Waals surface area (Å²) in [6.45, 7) is 2.01. The van der Waals surface area contributed by atoms with Crippen LogP contribution in [0.1, 0.15) is 12.5 Å². The molecule has 0 saturated carbocycles. The standard InChI is InChI=1S/C20H18O4/c1-3-23-20(21)17(15-24-19-7-5-4-6-8-19)12-9-16-10-13-18(22-2)14-11-16/h4-8,10-11,13-15H,3H2,1-2H3/b17-15+. The molecular formula is C20H18O4. The van der Waals surface area contributed by atoms with E-state index in [0.29, 0.717) is 5.75 Å². The van der Waals surface area contributed by atoms with Gasteiger partial charge in [-0.05, 0) is 43.3 Å². The molecule has 2 rings (SSSR count). The molecule has 0 N–H and O–H groups in total. The number of benzene rings is 2. The first-order valence-electron chi connectivity index (χ1n) is 7.48. The first kappa shape index (κ1) is 17.2. The van der Waals surface area contributed by atoms with E-state index in [4.69, 9.17) is 14.2 Å². The molecular weight excluding hydrogens is 304 g/mol. The smallest absolute Gasteiger partial charge is 0.349 e. The van der Waals surface area contributed by atoms with Crippen LogP contribution in [0.25, 0.3) is 0 Å². The maximum atomic E-state index is 12.0. The fourth-order valence-corrected chi connectivity index (χ4v) is 1.78. The Bertz CT molecular complexity index is 750. The fourth-order valence-electron chi connectivity index (χ4n) is 1.78. The molecule has 0 amide bonds. The molecule has 0 aromatic heterocycles. The van der Waals surface area contributed by atoms with Crippen LogP contribution in [0.15, 0.2) is 66.4 Å². The zero-order valence-corrected chi connectivity index (χ0v) is 13.6. The van der Waals surface area contributed by atoms with E-state index < -0.39 is 5.97 Å². The number of esters is 1. The van der Waals surface area contributed by atoms with Gasteiger partial charge in [0.1, 0.15) is 23.3 Å². The van der Waals surface area contributed by atoms with E-state index in [9.17, 15) is 4.79 Å². The van der Waals surface area contributed by atoms with Gasteiger partial charge < -0.3 is 14.2 Å². The van der Waals surface area contributed by atoms with E-state index in [1.807, 2.05) is 30.3 Å². The number of hydrogen-bond acceptors (Lipinski definition) is 4. The molecule has 0 aliphatic heterocycles. The molecule has 122 valence electrons. The van der Waals surface area contributed by atoms with Gasteiger partial charge in [-0.1, -0.05) is 30.0 Å². The summed E-state index contributed by atoms with van der Waals surface area (Å²) in [5.74, 6) is 6.56. The molecule has 0 atom stereocenters. The van der Waals surface area contributed by atoms with Crippen LogP contribution in [0.3, 0.4) is 0 Å². The van der Waals surface area contributed by atoms with E-state index in [1.54, 1.807) is 38.3 Å². The Hall–Kier alpha value is -3.19.